The molecule has 0 aliphatic heterocycles. The summed E-state index contributed by atoms with van der Waals surface area (Å²) >= 11 is 0. The largest absolute Gasteiger partial charge is 0.462 e. The van der Waals surface area contributed by atoms with Crippen molar-refractivity contribution in [2.75, 3.05) is 6.61 Å². The molecule has 0 rings (SSSR count). The molecule has 0 aliphatic carbocycles. The van der Waals surface area contributed by atoms with E-state index in [0.717, 1.165) is 6.29 Å². The van der Waals surface area contributed by atoms with Gasteiger partial charge in [0.1, 0.15) is 6.29 Å². The van der Waals surface area contributed by atoms with Gasteiger partial charge < -0.3 is 9.53 Å². The molecule has 0 aromatic carbocycles. The van der Waals surface area contributed by atoms with Gasteiger partial charge in [0.15, 0.2) is 0 Å². The predicted octanol–water partition coefficient (Wildman–Crippen LogP) is 2.66. The van der Waals surface area contributed by atoms with Gasteiger partial charge in [-0.3, -0.25) is 0 Å². The maximum atomic E-state index is 11.3. The molecule has 0 aromatic rings. The van der Waals surface area contributed by atoms with Crippen LogP contribution in [-0.4, -0.2) is 18.9 Å². The standard InChI is InChI=1S/C13H20O3/c1-5-13(6-2,10-14)9-8-11(4)12(15)16-7-3/h9-10H,5-7H2,1-4H3. The third-order valence-corrected chi connectivity index (χ3v) is 2.71. The highest BCUT2D eigenvalue weighted by Gasteiger charge is 2.21. The zero-order valence-corrected chi connectivity index (χ0v) is 10.5. The zero-order chi connectivity index (χ0) is 12.6. The van der Waals surface area contributed by atoms with Crippen molar-refractivity contribution in [1.29, 1.82) is 0 Å². The molecular weight excluding hydrogens is 204 g/mol. The minimum Gasteiger partial charge on any atom is -0.462 e. The van der Waals surface area contributed by atoms with Crippen LogP contribution in [0.1, 0.15) is 40.5 Å². The lowest BCUT2D eigenvalue weighted by molar-refractivity contribution is -0.138. The van der Waals surface area contributed by atoms with Crippen molar-refractivity contribution in [2.24, 2.45) is 5.41 Å². The van der Waals surface area contributed by atoms with Crippen molar-refractivity contribution in [3.05, 3.63) is 17.4 Å². The van der Waals surface area contributed by atoms with E-state index in [2.05, 4.69) is 5.73 Å². The zero-order valence-electron chi connectivity index (χ0n) is 10.5. The van der Waals surface area contributed by atoms with Crippen LogP contribution in [0.4, 0.5) is 0 Å². The second-order valence-electron chi connectivity index (χ2n) is 3.69. The Kier molecular flexibility index (Phi) is 6.43. The average Bonchev–Trinajstić information content (AvgIpc) is 2.31. The van der Waals surface area contributed by atoms with E-state index in [-0.39, 0.29) is 5.97 Å². The molecule has 16 heavy (non-hydrogen) atoms. The minimum absolute atomic E-state index is 0.345. The smallest absolute Gasteiger partial charge is 0.341 e. The Morgan fingerprint density at radius 2 is 1.88 bits per heavy atom. The number of carbonyl (C=O) groups excluding carboxylic acids is 2. The molecule has 0 saturated heterocycles. The van der Waals surface area contributed by atoms with Crippen molar-refractivity contribution in [2.45, 2.75) is 40.5 Å². The fourth-order valence-electron chi connectivity index (χ4n) is 1.21. The normalized spacial score (nSPS) is 10.2. The van der Waals surface area contributed by atoms with Gasteiger partial charge in [-0.25, -0.2) is 4.79 Å². The summed E-state index contributed by atoms with van der Waals surface area (Å²) in [6.45, 7) is 7.61. The van der Waals surface area contributed by atoms with E-state index in [1.54, 1.807) is 19.9 Å². The molecule has 0 aromatic heterocycles. The highest BCUT2D eigenvalue weighted by molar-refractivity contribution is 5.87. The maximum Gasteiger partial charge on any atom is 0.341 e. The van der Waals surface area contributed by atoms with Gasteiger partial charge in [0.05, 0.1) is 17.6 Å². The van der Waals surface area contributed by atoms with Crippen LogP contribution in [0.5, 0.6) is 0 Å². The quantitative estimate of drug-likeness (QED) is 0.301. The van der Waals surface area contributed by atoms with E-state index in [0.29, 0.717) is 25.0 Å². The van der Waals surface area contributed by atoms with Crippen LogP contribution in [0.2, 0.25) is 0 Å². The van der Waals surface area contributed by atoms with Crippen LogP contribution in [0.3, 0.4) is 0 Å². The Bertz CT molecular complexity index is 305. The molecule has 0 N–H and O–H groups in total. The minimum atomic E-state index is -0.506. The number of ether oxygens (including phenoxy) is 1. The number of hydrogen-bond acceptors (Lipinski definition) is 3. The SMILES string of the molecule is CCOC(=O)C(C)=C=CC(C=O)(CC)CC. The van der Waals surface area contributed by atoms with Crippen molar-refractivity contribution in [3.63, 3.8) is 0 Å². The fourth-order valence-corrected chi connectivity index (χ4v) is 1.21. The highest BCUT2D eigenvalue weighted by atomic mass is 16.5. The third kappa shape index (κ3) is 4.03. The van der Waals surface area contributed by atoms with Gasteiger partial charge in [0, 0.05) is 0 Å². The van der Waals surface area contributed by atoms with Crippen LogP contribution in [0.15, 0.2) is 17.4 Å². The van der Waals surface area contributed by atoms with E-state index < -0.39 is 5.41 Å². The molecule has 0 unspecified atom stereocenters. The Morgan fingerprint density at radius 3 is 2.25 bits per heavy atom. The summed E-state index contributed by atoms with van der Waals surface area (Å²) in [4.78, 5) is 22.3. The Morgan fingerprint density at radius 1 is 1.31 bits per heavy atom. The van der Waals surface area contributed by atoms with Gasteiger partial charge in [-0.1, -0.05) is 13.8 Å². The lowest BCUT2D eigenvalue weighted by Gasteiger charge is -2.18. The first kappa shape index (κ1) is 14.7. The molecule has 0 radical (unpaired) electrons. The van der Waals surface area contributed by atoms with Gasteiger partial charge in [-0.2, -0.15) is 0 Å². The Hall–Kier alpha value is -1.34. The molecule has 0 atom stereocenters. The summed E-state index contributed by atoms with van der Waals surface area (Å²) < 4.78 is 4.82. The molecule has 0 amide bonds. The van der Waals surface area contributed by atoms with Crippen molar-refractivity contribution in [1.82, 2.24) is 0 Å². The third-order valence-electron chi connectivity index (χ3n) is 2.71. The van der Waals surface area contributed by atoms with E-state index in [1.807, 2.05) is 13.8 Å². The molecule has 0 fully saturated rings. The molecule has 0 heterocycles. The lowest BCUT2D eigenvalue weighted by atomic mass is 9.84. The first-order valence-corrected chi connectivity index (χ1v) is 5.63. The summed E-state index contributed by atoms with van der Waals surface area (Å²) in [6, 6.07) is 0. The van der Waals surface area contributed by atoms with Crippen molar-refractivity contribution in [3.8, 4) is 0 Å². The first-order chi connectivity index (χ1) is 7.55. The van der Waals surface area contributed by atoms with Crippen molar-refractivity contribution < 1.29 is 14.3 Å². The number of aldehydes is 1. The fraction of sp³-hybridized carbons (Fsp3) is 0.615. The maximum absolute atomic E-state index is 11.3. The highest BCUT2D eigenvalue weighted by Crippen LogP contribution is 2.24. The second-order valence-corrected chi connectivity index (χ2v) is 3.69. The van der Waals surface area contributed by atoms with Crippen LogP contribution in [-0.2, 0) is 14.3 Å². The number of carbonyl (C=O) groups is 2. The van der Waals surface area contributed by atoms with Gasteiger partial charge in [-0.15, -0.1) is 5.73 Å². The predicted molar refractivity (Wildman–Crippen MR) is 63.0 cm³/mol. The van der Waals surface area contributed by atoms with Crippen LogP contribution in [0, 0.1) is 5.41 Å². The summed E-state index contributed by atoms with van der Waals surface area (Å²) in [5.74, 6) is -0.384. The summed E-state index contributed by atoms with van der Waals surface area (Å²) in [5.41, 5.74) is 2.74. The molecule has 90 valence electrons. The van der Waals surface area contributed by atoms with Crippen molar-refractivity contribution >= 4 is 12.3 Å². The van der Waals surface area contributed by atoms with E-state index >= 15 is 0 Å². The molecule has 0 bridgehead atoms. The molecule has 3 heteroatoms. The van der Waals surface area contributed by atoms with E-state index in [9.17, 15) is 9.59 Å². The Balaban J connectivity index is 4.96. The Labute approximate surface area is 97.2 Å². The van der Waals surface area contributed by atoms with E-state index in [1.165, 1.54) is 0 Å². The van der Waals surface area contributed by atoms with Gasteiger partial charge in [0.25, 0.3) is 0 Å². The number of hydrogen-bond donors (Lipinski definition) is 0. The topological polar surface area (TPSA) is 43.4 Å². The van der Waals surface area contributed by atoms with Crippen LogP contribution >= 0.6 is 0 Å². The summed E-state index contributed by atoms with van der Waals surface area (Å²) in [6.07, 6.45) is 4.00. The molecule has 3 nitrogen and oxygen atoms in total. The average molecular weight is 224 g/mol. The second kappa shape index (κ2) is 7.02. The van der Waals surface area contributed by atoms with Gasteiger partial charge >= 0.3 is 5.97 Å². The summed E-state index contributed by atoms with van der Waals surface area (Å²) in [5, 5.41) is 0. The van der Waals surface area contributed by atoms with Gasteiger partial charge in [0.2, 0.25) is 0 Å². The summed E-state index contributed by atoms with van der Waals surface area (Å²) in [7, 11) is 0. The van der Waals surface area contributed by atoms with E-state index in [4.69, 9.17) is 4.74 Å². The molecule has 0 aliphatic rings. The van der Waals surface area contributed by atoms with Crippen LogP contribution < -0.4 is 0 Å². The van der Waals surface area contributed by atoms with Crippen LogP contribution in [0.25, 0.3) is 0 Å². The lowest BCUT2D eigenvalue weighted by Crippen LogP contribution is -2.17. The van der Waals surface area contributed by atoms with Gasteiger partial charge in [-0.05, 0) is 32.8 Å². The number of esters is 1. The molecule has 0 saturated carbocycles. The molecular formula is C13H20O3. The first-order valence-electron chi connectivity index (χ1n) is 5.63. The number of rotatable bonds is 6. The molecule has 0 spiro atoms. The monoisotopic (exact) mass is 224 g/mol.